The van der Waals surface area contributed by atoms with Crippen molar-refractivity contribution in [1.82, 2.24) is 10.2 Å². The normalized spacial score (nSPS) is 15.8. The monoisotopic (exact) mass is 516 g/mol. The van der Waals surface area contributed by atoms with Gasteiger partial charge in [0.2, 0.25) is 0 Å². The Morgan fingerprint density at radius 2 is 1.86 bits per heavy atom. The van der Waals surface area contributed by atoms with E-state index in [1.54, 1.807) is 36.1 Å². The number of nitrogens with zero attached hydrogens (tertiary/aromatic N) is 2. The number of piperazine rings is 1. The third-order valence-corrected chi connectivity index (χ3v) is 5.91. The van der Waals surface area contributed by atoms with Gasteiger partial charge < -0.3 is 20.6 Å². The van der Waals surface area contributed by atoms with Crippen molar-refractivity contribution >= 4 is 28.9 Å². The van der Waals surface area contributed by atoms with Crippen LogP contribution in [0.5, 0.6) is 0 Å². The Bertz CT molecular complexity index is 1010. The summed E-state index contributed by atoms with van der Waals surface area (Å²) in [6.45, 7) is 4.09. The summed E-state index contributed by atoms with van der Waals surface area (Å²) in [5, 5.41) is 15.5. The van der Waals surface area contributed by atoms with E-state index in [2.05, 4.69) is 10.6 Å². The smallest absolute Gasteiger partial charge is 0.390 e. The minimum absolute atomic E-state index is 0.0553. The lowest BCUT2D eigenvalue weighted by Crippen LogP contribution is -2.47. The molecular weight excluding hydrogens is 488 g/mol. The van der Waals surface area contributed by atoms with Crippen LogP contribution in [0, 0.1) is 5.82 Å². The molecule has 0 radical (unpaired) electrons. The van der Waals surface area contributed by atoms with E-state index in [9.17, 15) is 27.5 Å². The fourth-order valence-corrected chi connectivity index (χ4v) is 4.00. The molecule has 3 rings (SSSR count). The van der Waals surface area contributed by atoms with Gasteiger partial charge in [0.15, 0.2) is 0 Å². The summed E-state index contributed by atoms with van der Waals surface area (Å²) in [6, 6.07) is 9.21. The van der Waals surface area contributed by atoms with Crippen LogP contribution in [0.1, 0.15) is 29.3 Å². The van der Waals surface area contributed by atoms with Gasteiger partial charge in [-0.25, -0.2) is 4.39 Å². The predicted octanol–water partition coefficient (Wildman–Crippen LogP) is 4.28. The molecule has 1 heterocycles. The molecule has 0 saturated carbocycles. The maximum atomic E-state index is 14.7. The number of benzene rings is 2. The minimum atomic E-state index is -4.19. The van der Waals surface area contributed by atoms with Crippen LogP contribution in [0.3, 0.4) is 0 Å². The van der Waals surface area contributed by atoms with Gasteiger partial charge in [0, 0.05) is 50.8 Å². The standard InChI is InChI=1S/C24H29ClF4N4O2/c1-16(34)14-30-15-17-2-4-19(20(26)12-17)23(35)31-21-5-3-18(25)13-22(21)33-10-8-32(9-11-33)7-6-24(27,28)29/h2-5,12-13,16,30,34H,6-11,14-15H2,1H3,(H,31,35). The number of nitrogens with one attached hydrogen (secondary N) is 2. The number of alkyl halides is 3. The number of hydrogen-bond donors (Lipinski definition) is 3. The Morgan fingerprint density at radius 1 is 1.14 bits per heavy atom. The van der Waals surface area contributed by atoms with Gasteiger partial charge in [-0.2, -0.15) is 13.2 Å². The van der Waals surface area contributed by atoms with Crippen molar-refractivity contribution in [2.75, 3.05) is 49.5 Å². The summed E-state index contributed by atoms with van der Waals surface area (Å²) in [4.78, 5) is 16.5. The molecule has 192 valence electrons. The molecule has 1 fully saturated rings. The van der Waals surface area contributed by atoms with E-state index in [0.717, 1.165) is 0 Å². The average Bonchev–Trinajstić information content (AvgIpc) is 2.78. The molecule has 0 aromatic heterocycles. The second-order valence-corrected chi connectivity index (χ2v) is 9.04. The topological polar surface area (TPSA) is 67.8 Å². The number of carbonyl (C=O) groups is 1. The number of hydrogen-bond acceptors (Lipinski definition) is 5. The molecule has 3 N–H and O–H groups in total. The molecule has 1 saturated heterocycles. The van der Waals surface area contributed by atoms with Gasteiger partial charge >= 0.3 is 6.18 Å². The lowest BCUT2D eigenvalue weighted by atomic mass is 10.1. The first kappa shape index (κ1) is 27.2. The molecule has 0 aliphatic carbocycles. The van der Waals surface area contributed by atoms with E-state index < -0.39 is 30.4 Å². The first-order chi connectivity index (χ1) is 16.5. The molecule has 2 aromatic rings. The highest BCUT2D eigenvalue weighted by Crippen LogP contribution is 2.31. The SMILES string of the molecule is CC(O)CNCc1ccc(C(=O)Nc2ccc(Cl)cc2N2CCN(CCC(F)(F)F)CC2)c(F)c1. The van der Waals surface area contributed by atoms with E-state index >= 15 is 0 Å². The zero-order valence-corrected chi connectivity index (χ0v) is 20.1. The fourth-order valence-electron chi connectivity index (χ4n) is 3.84. The molecule has 35 heavy (non-hydrogen) atoms. The molecule has 1 atom stereocenters. The van der Waals surface area contributed by atoms with E-state index in [-0.39, 0.29) is 12.1 Å². The van der Waals surface area contributed by atoms with Crippen LogP contribution in [-0.2, 0) is 6.54 Å². The number of halogens is 5. The summed E-state index contributed by atoms with van der Waals surface area (Å²) in [6.07, 6.45) is -5.57. The zero-order valence-electron chi connectivity index (χ0n) is 19.3. The summed E-state index contributed by atoms with van der Waals surface area (Å²) in [5.41, 5.74) is 1.57. The van der Waals surface area contributed by atoms with Gasteiger partial charge in [-0.3, -0.25) is 9.69 Å². The quantitative estimate of drug-likeness (QED) is 0.434. The van der Waals surface area contributed by atoms with Crippen molar-refractivity contribution < 1.29 is 27.5 Å². The van der Waals surface area contributed by atoms with Crippen molar-refractivity contribution in [2.24, 2.45) is 0 Å². The van der Waals surface area contributed by atoms with Crippen molar-refractivity contribution in [1.29, 1.82) is 0 Å². The van der Waals surface area contributed by atoms with E-state index in [0.29, 0.717) is 61.2 Å². The highest BCUT2D eigenvalue weighted by atomic mass is 35.5. The van der Waals surface area contributed by atoms with Crippen LogP contribution in [0.25, 0.3) is 0 Å². The van der Waals surface area contributed by atoms with Gasteiger partial charge in [-0.1, -0.05) is 17.7 Å². The number of rotatable bonds is 9. The second-order valence-electron chi connectivity index (χ2n) is 8.60. The Hall–Kier alpha value is -2.40. The van der Waals surface area contributed by atoms with Gasteiger partial charge in [0.25, 0.3) is 5.91 Å². The molecule has 6 nitrogen and oxygen atoms in total. The van der Waals surface area contributed by atoms with Crippen molar-refractivity contribution in [3.8, 4) is 0 Å². The van der Waals surface area contributed by atoms with E-state index in [4.69, 9.17) is 11.6 Å². The molecule has 1 aliphatic rings. The Morgan fingerprint density at radius 3 is 2.49 bits per heavy atom. The Kier molecular flexibility index (Phi) is 9.34. The van der Waals surface area contributed by atoms with Crippen LogP contribution in [0.2, 0.25) is 5.02 Å². The van der Waals surface area contributed by atoms with Crippen molar-refractivity contribution in [3.63, 3.8) is 0 Å². The lowest BCUT2D eigenvalue weighted by Gasteiger charge is -2.37. The van der Waals surface area contributed by atoms with E-state index in [1.807, 2.05) is 4.90 Å². The number of aliphatic hydroxyl groups excluding tert-OH is 1. The number of amides is 1. The molecule has 11 heteroatoms. The largest absolute Gasteiger partial charge is 0.392 e. The first-order valence-electron chi connectivity index (χ1n) is 11.3. The van der Waals surface area contributed by atoms with Gasteiger partial charge in [-0.15, -0.1) is 0 Å². The second kappa shape index (κ2) is 12.0. The van der Waals surface area contributed by atoms with Crippen LogP contribution < -0.4 is 15.5 Å². The molecule has 2 aromatic carbocycles. The molecule has 0 bridgehead atoms. The van der Waals surface area contributed by atoms with Gasteiger partial charge in [0.1, 0.15) is 5.82 Å². The first-order valence-corrected chi connectivity index (χ1v) is 11.7. The molecule has 1 amide bonds. The molecule has 1 unspecified atom stereocenters. The third kappa shape index (κ3) is 8.34. The molecular formula is C24H29ClF4N4O2. The average molecular weight is 517 g/mol. The summed E-state index contributed by atoms with van der Waals surface area (Å²) in [5.74, 6) is -1.30. The predicted molar refractivity (Wildman–Crippen MR) is 129 cm³/mol. The number of carbonyl (C=O) groups excluding carboxylic acids is 1. The Balaban J connectivity index is 1.66. The van der Waals surface area contributed by atoms with Crippen LogP contribution >= 0.6 is 11.6 Å². The summed E-state index contributed by atoms with van der Waals surface area (Å²) >= 11 is 6.17. The van der Waals surface area contributed by atoms with Gasteiger partial charge in [-0.05, 0) is 42.8 Å². The van der Waals surface area contributed by atoms with Gasteiger partial charge in [0.05, 0.1) is 29.5 Å². The summed E-state index contributed by atoms with van der Waals surface area (Å²) < 4.78 is 52.2. The maximum absolute atomic E-state index is 14.7. The van der Waals surface area contributed by atoms with Crippen molar-refractivity contribution in [3.05, 3.63) is 58.4 Å². The maximum Gasteiger partial charge on any atom is 0.390 e. The fraction of sp³-hybridized carbons (Fsp3) is 0.458. The third-order valence-electron chi connectivity index (χ3n) is 5.68. The Labute approximate surface area is 206 Å². The van der Waals surface area contributed by atoms with Crippen molar-refractivity contribution in [2.45, 2.75) is 32.2 Å². The minimum Gasteiger partial charge on any atom is -0.392 e. The number of anilines is 2. The highest BCUT2D eigenvalue weighted by molar-refractivity contribution is 6.31. The van der Waals surface area contributed by atoms with Crippen LogP contribution in [0.15, 0.2) is 36.4 Å². The molecule has 1 aliphatic heterocycles. The lowest BCUT2D eigenvalue weighted by molar-refractivity contribution is -0.138. The van der Waals surface area contributed by atoms with Crippen LogP contribution in [-0.4, -0.2) is 67.5 Å². The highest BCUT2D eigenvalue weighted by Gasteiger charge is 2.29. The molecule has 0 spiro atoms. The van der Waals surface area contributed by atoms with Crippen LogP contribution in [0.4, 0.5) is 28.9 Å². The zero-order chi connectivity index (χ0) is 25.6. The van der Waals surface area contributed by atoms with E-state index in [1.165, 1.54) is 12.1 Å². The number of aliphatic hydroxyl groups is 1. The summed E-state index contributed by atoms with van der Waals surface area (Å²) in [7, 11) is 0.